The SMILES string of the molecule is O=[N+]([O-])c1ccc(F)c(S(=O)(=O)Nc2ncccc2O)c1. The molecule has 2 rings (SSSR count). The highest BCUT2D eigenvalue weighted by Crippen LogP contribution is 2.26. The Bertz CT molecular complexity index is 809. The molecule has 1 heterocycles. The van der Waals surface area contributed by atoms with Crippen LogP contribution in [0.3, 0.4) is 0 Å². The lowest BCUT2D eigenvalue weighted by Gasteiger charge is -2.09. The number of aromatic hydroxyl groups is 1. The molecule has 1 aromatic heterocycles. The number of non-ortho nitro benzene ring substituents is 1. The molecule has 0 aliphatic heterocycles. The molecule has 0 atom stereocenters. The van der Waals surface area contributed by atoms with Gasteiger partial charge in [-0.05, 0) is 18.2 Å². The van der Waals surface area contributed by atoms with Gasteiger partial charge in [-0.3, -0.25) is 14.8 Å². The fourth-order valence-corrected chi connectivity index (χ4v) is 2.59. The van der Waals surface area contributed by atoms with Crippen molar-refractivity contribution in [3.63, 3.8) is 0 Å². The Kier molecular flexibility index (Phi) is 3.72. The number of nitro benzene ring substituents is 1. The van der Waals surface area contributed by atoms with Crippen LogP contribution in [0.15, 0.2) is 41.4 Å². The van der Waals surface area contributed by atoms with Crippen LogP contribution in [0.2, 0.25) is 0 Å². The van der Waals surface area contributed by atoms with Gasteiger partial charge in [0.2, 0.25) is 0 Å². The molecule has 0 radical (unpaired) electrons. The van der Waals surface area contributed by atoms with Crippen LogP contribution in [0, 0.1) is 15.9 Å². The Morgan fingerprint density at radius 3 is 2.67 bits per heavy atom. The van der Waals surface area contributed by atoms with E-state index in [0.717, 1.165) is 6.07 Å². The van der Waals surface area contributed by atoms with Crippen molar-refractivity contribution < 1.29 is 22.8 Å². The maximum Gasteiger partial charge on any atom is 0.271 e. The molecule has 0 amide bonds. The van der Waals surface area contributed by atoms with Gasteiger partial charge in [-0.15, -0.1) is 0 Å². The lowest BCUT2D eigenvalue weighted by molar-refractivity contribution is -0.385. The van der Waals surface area contributed by atoms with Gasteiger partial charge in [-0.1, -0.05) is 0 Å². The molecule has 10 heteroatoms. The lowest BCUT2D eigenvalue weighted by atomic mass is 10.3. The summed E-state index contributed by atoms with van der Waals surface area (Å²) in [6, 6.07) is 4.63. The first-order valence-corrected chi connectivity index (χ1v) is 6.90. The predicted octanol–water partition coefficient (Wildman–Crippen LogP) is 1.64. The minimum Gasteiger partial charge on any atom is -0.504 e. The first-order chi connectivity index (χ1) is 9.81. The van der Waals surface area contributed by atoms with E-state index < -0.39 is 42.9 Å². The zero-order valence-electron chi connectivity index (χ0n) is 10.2. The molecule has 21 heavy (non-hydrogen) atoms. The summed E-state index contributed by atoms with van der Waals surface area (Å²) < 4.78 is 39.5. The van der Waals surface area contributed by atoms with Crippen molar-refractivity contribution in [3.8, 4) is 5.75 Å². The smallest absolute Gasteiger partial charge is 0.271 e. The Hall–Kier alpha value is -2.75. The third-order valence-corrected chi connectivity index (χ3v) is 3.79. The molecule has 0 fully saturated rings. The van der Waals surface area contributed by atoms with Gasteiger partial charge in [0.05, 0.1) is 4.92 Å². The maximum atomic E-state index is 13.6. The van der Waals surface area contributed by atoms with Crippen LogP contribution < -0.4 is 4.72 Å². The zero-order valence-corrected chi connectivity index (χ0v) is 11.0. The molecule has 0 saturated carbocycles. The number of nitrogens with zero attached hydrogens (tertiary/aromatic N) is 2. The van der Waals surface area contributed by atoms with Crippen molar-refractivity contribution in [1.82, 2.24) is 4.98 Å². The highest BCUT2D eigenvalue weighted by atomic mass is 32.2. The Labute approximate surface area is 118 Å². The highest BCUT2D eigenvalue weighted by molar-refractivity contribution is 7.92. The average Bonchev–Trinajstić information content (AvgIpc) is 2.41. The maximum absolute atomic E-state index is 13.6. The summed E-state index contributed by atoms with van der Waals surface area (Å²) in [4.78, 5) is 12.4. The van der Waals surface area contributed by atoms with E-state index in [-0.39, 0.29) is 0 Å². The molecular weight excluding hydrogens is 305 g/mol. The molecule has 0 saturated heterocycles. The van der Waals surface area contributed by atoms with Crippen molar-refractivity contribution in [2.75, 3.05) is 4.72 Å². The van der Waals surface area contributed by atoms with Crippen molar-refractivity contribution in [3.05, 3.63) is 52.5 Å². The van der Waals surface area contributed by atoms with E-state index in [4.69, 9.17) is 0 Å². The summed E-state index contributed by atoms with van der Waals surface area (Å²) in [5, 5.41) is 20.1. The molecule has 0 aliphatic carbocycles. The van der Waals surface area contributed by atoms with E-state index in [1.165, 1.54) is 18.3 Å². The summed E-state index contributed by atoms with van der Waals surface area (Å²) in [5.74, 6) is -2.04. The van der Waals surface area contributed by atoms with E-state index in [1.54, 1.807) is 0 Å². The highest BCUT2D eigenvalue weighted by Gasteiger charge is 2.24. The zero-order chi connectivity index (χ0) is 15.6. The summed E-state index contributed by atoms with van der Waals surface area (Å²) in [6.07, 6.45) is 1.21. The molecular formula is C11H8FN3O5S. The monoisotopic (exact) mass is 313 g/mol. The normalized spacial score (nSPS) is 11.1. The standard InChI is InChI=1S/C11H8FN3O5S/c12-8-4-3-7(15(17)18)6-10(8)21(19,20)14-11-9(16)2-1-5-13-11/h1-6,16H,(H,13,14). The average molecular weight is 313 g/mol. The molecule has 2 aromatic rings. The van der Waals surface area contributed by atoms with Crippen molar-refractivity contribution in [1.29, 1.82) is 0 Å². The van der Waals surface area contributed by atoms with Crippen molar-refractivity contribution in [2.24, 2.45) is 0 Å². The van der Waals surface area contributed by atoms with Gasteiger partial charge < -0.3 is 5.11 Å². The van der Waals surface area contributed by atoms with Gasteiger partial charge in [-0.2, -0.15) is 0 Å². The number of hydrogen-bond donors (Lipinski definition) is 2. The predicted molar refractivity (Wildman–Crippen MR) is 69.8 cm³/mol. The van der Waals surface area contributed by atoms with Crippen LogP contribution in [0.5, 0.6) is 5.75 Å². The third-order valence-electron chi connectivity index (χ3n) is 2.43. The fourth-order valence-electron chi connectivity index (χ4n) is 1.47. The fraction of sp³-hybridized carbons (Fsp3) is 0. The van der Waals surface area contributed by atoms with Gasteiger partial charge in [0.1, 0.15) is 10.7 Å². The van der Waals surface area contributed by atoms with Gasteiger partial charge >= 0.3 is 0 Å². The molecule has 2 N–H and O–H groups in total. The number of nitro groups is 1. The molecule has 0 bridgehead atoms. The number of anilines is 1. The second-order valence-electron chi connectivity index (χ2n) is 3.85. The number of aromatic nitrogens is 1. The van der Waals surface area contributed by atoms with Crippen LogP contribution in [-0.2, 0) is 10.0 Å². The topological polar surface area (TPSA) is 122 Å². The number of hydrogen-bond acceptors (Lipinski definition) is 6. The third kappa shape index (κ3) is 3.05. The van der Waals surface area contributed by atoms with E-state index in [0.29, 0.717) is 12.1 Å². The van der Waals surface area contributed by atoms with E-state index in [2.05, 4.69) is 4.98 Å². The first-order valence-electron chi connectivity index (χ1n) is 5.42. The van der Waals surface area contributed by atoms with Crippen LogP contribution >= 0.6 is 0 Å². The van der Waals surface area contributed by atoms with Gasteiger partial charge in [0, 0.05) is 18.3 Å². The van der Waals surface area contributed by atoms with E-state index in [1.807, 2.05) is 4.72 Å². The number of nitrogens with one attached hydrogen (secondary N) is 1. The van der Waals surface area contributed by atoms with Crippen LogP contribution in [0.1, 0.15) is 0 Å². The molecule has 0 aliphatic rings. The summed E-state index contributed by atoms with van der Waals surface area (Å²) >= 11 is 0. The minimum atomic E-state index is -4.47. The Balaban J connectivity index is 2.47. The van der Waals surface area contributed by atoms with E-state index >= 15 is 0 Å². The first kappa shape index (κ1) is 14.7. The van der Waals surface area contributed by atoms with Gasteiger partial charge in [0.15, 0.2) is 11.6 Å². The molecule has 110 valence electrons. The van der Waals surface area contributed by atoms with Crippen LogP contribution in [0.4, 0.5) is 15.9 Å². The minimum absolute atomic E-state index is 0.414. The second kappa shape index (κ2) is 5.32. The van der Waals surface area contributed by atoms with Crippen LogP contribution in [0.25, 0.3) is 0 Å². The number of sulfonamides is 1. The van der Waals surface area contributed by atoms with Crippen LogP contribution in [-0.4, -0.2) is 23.4 Å². The van der Waals surface area contributed by atoms with E-state index in [9.17, 15) is 28.0 Å². The molecule has 0 spiro atoms. The molecule has 0 unspecified atom stereocenters. The Morgan fingerprint density at radius 1 is 1.33 bits per heavy atom. The Morgan fingerprint density at radius 2 is 2.05 bits per heavy atom. The molecule has 8 nitrogen and oxygen atoms in total. The second-order valence-corrected chi connectivity index (χ2v) is 5.50. The molecule has 1 aromatic carbocycles. The van der Waals surface area contributed by atoms with Gasteiger partial charge in [0.25, 0.3) is 15.7 Å². The largest absolute Gasteiger partial charge is 0.504 e. The summed E-state index contributed by atoms with van der Waals surface area (Å²) in [5.41, 5.74) is -0.581. The summed E-state index contributed by atoms with van der Waals surface area (Å²) in [7, 11) is -4.47. The van der Waals surface area contributed by atoms with Gasteiger partial charge in [-0.25, -0.2) is 17.8 Å². The number of rotatable bonds is 4. The number of halogens is 1. The number of benzene rings is 1. The quantitative estimate of drug-likeness (QED) is 0.653. The number of pyridine rings is 1. The van der Waals surface area contributed by atoms with Crippen molar-refractivity contribution in [2.45, 2.75) is 4.90 Å². The lowest BCUT2D eigenvalue weighted by Crippen LogP contribution is -2.15. The van der Waals surface area contributed by atoms with Crippen molar-refractivity contribution >= 4 is 21.5 Å². The summed E-state index contributed by atoms with van der Waals surface area (Å²) in [6.45, 7) is 0.